The molecule has 2 N–H and O–H groups in total. The Morgan fingerprint density at radius 2 is 1.61 bits per heavy atom. The summed E-state index contributed by atoms with van der Waals surface area (Å²) in [4.78, 5) is 24.9. The highest BCUT2D eigenvalue weighted by Crippen LogP contribution is 2.19. The van der Waals surface area contributed by atoms with Crippen LogP contribution in [0.2, 0.25) is 5.02 Å². The summed E-state index contributed by atoms with van der Waals surface area (Å²) in [5, 5.41) is 0.381. The molecule has 0 aliphatic heterocycles. The van der Waals surface area contributed by atoms with Gasteiger partial charge in [-0.25, -0.2) is 9.36 Å². The minimum Gasteiger partial charge on any atom is -0.385 e. The number of para-hydroxylation sites is 1. The normalized spacial score (nSPS) is 10.7. The van der Waals surface area contributed by atoms with Crippen molar-refractivity contribution >= 4 is 17.4 Å². The fourth-order valence-corrected chi connectivity index (χ4v) is 2.60. The van der Waals surface area contributed by atoms with E-state index in [0.717, 1.165) is 10.1 Å². The lowest BCUT2D eigenvalue weighted by Crippen LogP contribution is -2.40. The molecule has 6 heteroatoms. The molecule has 0 fully saturated rings. The van der Waals surface area contributed by atoms with E-state index < -0.39 is 11.2 Å². The van der Waals surface area contributed by atoms with Gasteiger partial charge in [-0.15, -0.1) is 0 Å². The van der Waals surface area contributed by atoms with E-state index >= 15 is 0 Å². The summed E-state index contributed by atoms with van der Waals surface area (Å²) >= 11 is 6.15. The van der Waals surface area contributed by atoms with Gasteiger partial charge in [0.15, 0.2) is 0 Å². The van der Waals surface area contributed by atoms with Gasteiger partial charge in [0.1, 0.15) is 5.82 Å². The largest absolute Gasteiger partial charge is 0.385 e. The third-order valence-electron chi connectivity index (χ3n) is 3.49. The molecule has 3 aromatic rings. The maximum absolute atomic E-state index is 12.8. The molecule has 23 heavy (non-hydrogen) atoms. The molecular weight excluding hydrogens is 314 g/mol. The fourth-order valence-electron chi connectivity index (χ4n) is 2.38. The molecule has 0 spiro atoms. The second-order valence-electron chi connectivity index (χ2n) is 5.05. The highest BCUT2D eigenvalue weighted by atomic mass is 35.5. The smallest absolute Gasteiger partial charge is 0.337 e. The van der Waals surface area contributed by atoms with E-state index in [1.165, 1.54) is 10.6 Å². The van der Waals surface area contributed by atoms with E-state index in [9.17, 15) is 9.59 Å². The van der Waals surface area contributed by atoms with Gasteiger partial charge in [0, 0.05) is 6.07 Å². The number of hydrogen-bond donors (Lipinski definition) is 1. The van der Waals surface area contributed by atoms with Gasteiger partial charge in [-0.1, -0.05) is 54.1 Å². The number of halogens is 1. The van der Waals surface area contributed by atoms with Crippen LogP contribution in [0.3, 0.4) is 0 Å². The summed E-state index contributed by atoms with van der Waals surface area (Å²) in [7, 11) is 0. The van der Waals surface area contributed by atoms with Gasteiger partial charge in [0.25, 0.3) is 5.56 Å². The first-order valence-electron chi connectivity index (χ1n) is 6.99. The molecule has 0 saturated carbocycles. The number of benzene rings is 2. The lowest BCUT2D eigenvalue weighted by molar-refractivity contribution is 0.673. The van der Waals surface area contributed by atoms with Gasteiger partial charge in [-0.3, -0.25) is 9.36 Å². The Morgan fingerprint density at radius 3 is 2.30 bits per heavy atom. The standard InChI is InChI=1S/C17H14ClN3O2/c18-13-8-4-5-9-14(13)21-15(19)10-16(22)20(17(21)23)11-12-6-2-1-3-7-12/h1-10H,11,19H2. The van der Waals surface area contributed by atoms with Crippen LogP contribution in [0.5, 0.6) is 0 Å². The number of aromatic nitrogens is 2. The Labute approximate surface area is 137 Å². The molecular formula is C17H14ClN3O2. The summed E-state index contributed by atoms with van der Waals surface area (Å²) in [6.45, 7) is 0.170. The zero-order valence-corrected chi connectivity index (χ0v) is 12.9. The molecule has 0 saturated heterocycles. The second-order valence-corrected chi connectivity index (χ2v) is 5.46. The van der Waals surface area contributed by atoms with Crippen LogP contribution < -0.4 is 17.0 Å². The monoisotopic (exact) mass is 327 g/mol. The molecule has 5 nitrogen and oxygen atoms in total. The van der Waals surface area contributed by atoms with Gasteiger partial charge < -0.3 is 5.73 Å². The van der Waals surface area contributed by atoms with E-state index in [4.69, 9.17) is 17.3 Å². The Kier molecular flexibility index (Phi) is 4.04. The van der Waals surface area contributed by atoms with Gasteiger partial charge in [0.05, 0.1) is 17.3 Å². The Bertz CT molecular complexity index is 962. The number of nitrogens with two attached hydrogens (primary N) is 1. The summed E-state index contributed by atoms with van der Waals surface area (Å²) in [6.07, 6.45) is 0. The molecule has 0 radical (unpaired) electrons. The van der Waals surface area contributed by atoms with Crippen molar-refractivity contribution in [2.75, 3.05) is 5.73 Å². The number of anilines is 1. The second kappa shape index (κ2) is 6.14. The van der Waals surface area contributed by atoms with Crippen LogP contribution in [0.4, 0.5) is 5.82 Å². The zero-order chi connectivity index (χ0) is 16.4. The Hall–Kier alpha value is -2.79. The van der Waals surface area contributed by atoms with Crippen molar-refractivity contribution in [3.05, 3.63) is 92.1 Å². The quantitative estimate of drug-likeness (QED) is 0.802. The zero-order valence-electron chi connectivity index (χ0n) is 12.1. The first kappa shape index (κ1) is 15.1. The van der Waals surface area contributed by atoms with Crippen molar-refractivity contribution < 1.29 is 0 Å². The third-order valence-corrected chi connectivity index (χ3v) is 3.81. The number of nitrogens with zero attached hydrogens (tertiary/aromatic N) is 2. The van der Waals surface area contributed by atoms with Gasteiger partial charge >= 0.3 is 5.69 Å². The average molecular weight is 328 g/mol. The average Bonchev–Trinajstić information content (AvgIpc) is 2.54. The number of rotatable bonds is 3. The summed E-state index contributed by atoms with van der Waals surface area (Å²) in [5.74, 6) is 0.0532. The highest BCUT2D eigenvalue weighted by Gasteiger charge is 2.13. The lowest BCUT2D eigenvalue weighted by atomic mass is 10.2. The molecule has 0 atom stereocenters. The first-order valence-corrected chi connectivity index (χ1v) is 7.37. The van der Waals surface area contributed by atoms with Crippen molar-refractivity contribution in [2.24, 2.45) is 0 Å². The van der Waals surface area contributed by atoms with Crippen molar-refractivity contribution in [3.8, 4) is 5.69 Å². The Balaban J connectivity index is 2.20. The summed E-state index contributed by atoms with van der Waals surface area (Å²) < 4.78 is 2.38. The molecule has 1 aromatic heterocycles. The van der Waals surface area contributed by atoms with Crippen LogP contribution in [0.1, 0.15) is 5.56 Å². The van der Waals surface area contributed by atoms with E-state index in [0.29, 0.717) is 10.7 Å². The van der Waals surface area contributed by atoms with E-state index in [-0.39, 0.29) is 12.4 Å². The molecule has 0 aliphatic rings. The van der Waals surface area contributed by atoms with Crippen LogP contribution in [-0.4, -0.2) is 9.13 Å². The van der Waals surface area contributed by atoms with Crippen molar-refractivity contribution in [2.45, 2.75) is 6.54 Å². The first-order chi connectivity index (χ1) is 11.1. The van der Waals surface area contributed by atoms with E-state index in [2.05, 4.69) is 0 Å². The van der Waals surface area contributed by atoms with Crippen molar-refractivity contribution in [3.63, 3.8) is 0 Å². The van der Waals surface area contributed by atoms with Gasteiger partial charge in [-0.2, -0.15) is 0 Å². The maximum atomic E-state index is 12.8. The molecule has 0 unspecified atom stereocenters. The highest BCUT2D eigenvalue weighted by molar-refractivity contribution is 6.32. The molecule has 3 rings (SSSR count). The van der Waals surface area contributed by atoms with Crippen LogP contribution in [-0.2, 0) is 6.54 Å². The summed E-state index contributed by atoms with van der Waals surface area (Å²) in [5.41, 5.74) is 6.20. The minimum absolute atomic E-state index is 0.0532. The molecule has 116 valence electrons. The van der Waals surface area contributed by atoms with Crippen LogP contribution in [0, 0.1) is 0 Å². The Morgan fingerprint density at radius 1 is 0.957 bits per heavy atom. The van der Waals surface area contributed by atoms with Gasteiger partial charge in [-0.05, 0) is 17.7 Å². The van der Waals surface area contributed by atoms with E-state index in [1.807, 2.05) is 30.3 Å². The SMILES string of the molecule is Nc1cc(=O)n(Cc2ccccc2)c(=O)n1-c1ccccc1Cl. The summed E-state index contributed by atoms with van der Waals surface area (Å²) in [6, 6.07) is 17.4. The fraction of sp³-hybridized carbons (Fsp3) is 0.0588. The van der Waals surface area contributed by atoms with Crippen LogP contribution >= 0.6 is 11.6 Å². The van der Waals surface area contributed by atoms with Crippen LogP contribution in [0.25, 0.3) is 5.69 Å². The van der Waals surface area contributed by atoms with Crippen molar-refractivity contribution in [1.82, 2.24) is 9.13 Å². The minimum atomic E-state index is -0.521. The molecule has 2 aromatic carbocycles. The molecule has 0 bridgehead atoms. The predicted octanol–water partition coefficient (Wildman–Crippen LogP) is 2.28. The van der Waals surface area contributed by atoms with Crippen molar-refractivity contribution in [1.29, 1.82) is 0 Å². The lowest BCUT2D eigenvalue weighted by Gasteiger charge is -2.14. The number of hydrogen-bond acceptors (Lipinski definition) is 3. The predicted molar refractivity (Wildman–Crippen MR) is 91.3 cm³/mol. The topological polar surface area (TPSA) is 70.0 Å². The van der Waals surface area contributed by atoms with E-state index in [1.54, 1.807) is 24.3 Å². The van der Waals surface area contributed by atoms with Gasteiger partial charge in [0.2, 0.25) is 0 Å². The third kappa shape index (κ3) is 2.91. The molecule has 0 aliphatic carbocycles. The maximum Gasteiger partial charge on any atom is 0.337 e. The molecule has 0 amide bonds. The number of nitrogen functional groups attached to an aromatic ring is 1. The van der Waals surface area contributed by atoms with Crippen LogP contribution in [0.15, 0.2) is 70.3 Å². The molecule has 1 heterocycles.